The molecule has 0 atom stereocenters. The Morgan fingerprint density at radius 1 is 1.14 bits per heavy atom. The number of carbonyl (C=O) groups is 1. The van der Waals surface area contributed by atoms with Crippen LogP contribution in [0.25, 0.3) is 0 Å². The van der Waals surface area contributed by atoms with Crippen molar-refractivity contribution in [3.8, 4) is 11.6 Å². The average Bonchev–Trinajstić information content (AvgIpc) is 2.75. The predicted octanol–water partition coefficient (Wildman–Crippen LogP) is 4.79. The van der Waals surface area contributed by atoms with Gasteiger partial charge in [-0.15, -0.1) is 6.58 Å². The summed E-state index contributed by atoms with van der Waals surface area (Å²) in [5.74, 6) is 1.23. The van der Waals surface area contributed by atoms with Crippen LogP contribution < -0.4 is 15.0 Å². The van der Waals surface area contributed by atoms with E-state index in [-0.39, 0.29) is 6.03 Å². The van der Waals surface area contributed by atoms with Crippen molar-refractivity contribution < 1.29 is 9.53 Å². The summed E-state index contributed by atoms with van der Waals surface area (Å²) < 4.78 is 5.91. The van der Waals surface area contributed by atoms with Gasteiger partial charge in [-0.25, -0.2) is 9.78 Å². The van der Waals surface area contributed by atoms with Gasteiger partial charge in [-0.1, -0.05) is 24.3 Å². The molecule has 1 N–H and O–H groups in total. The molecule has 2 heterocycles. The molecule has 2 aromatic heterocycles. The van der Waals surface area contributed by atoms with Crippen molar-refractivity contribution in [3.05, 3.63) is 90.4 Å². The van der Waals surface area contributed by atoms with E-state index in [4.69, 9.17) is 4.74 Å². The zero-order valence-corrected chi connectivity index (χ0v) is 16.6. The fourth-order valence-electron chi connectivity index (χ4n) is 2.73. The number of urea groups is 1. The molecule has 0 aliphatic carbocycles. The first-order valence-electron chi connectivity index (χ1n) is 9.35. The molecule has 3 rings (SSSR count). The van der Waals surface area contributed by atoms with E-state index in [2.05, 4.69) is 21.9 Å². The van der Waals surface area contributed by atoms with Crippen LogP contribution >= 0.6 is 0 Å². The molecule has 0 aliphatic heterocycles. The van der Waals surface area contributed by atoms with Crippen LogP contribution in [0.5, 0.6) is 11.6 Å². The molecule has 6 heteroatoms. The van der Waals surface area contributed by atoms with Crippen molar-refractivity contribution in [2.45, 2.75) is 20.4 Å². The van der Waals surface area contributed by atoms with Gasteiger partial charge in [0, 0.05) is 18.8 Å². The van der Waals surface area contributed by atoms with E-state index < -0.39 is 0 Å². The van der Waals surface area contributed by atoms with Crippen molar-refractivity contribution >= 4 is 11.7 Å². The van der Waals surface area contributed by atoms with Gasteiger partial charge >= 0.3 is 6.03 Å². The zero-order valence-electron chi connectivity index (χ0n) is 16.6. The molecule has 0 spiro atoms. The second-order valence-corrected chi connectivity index (χ2v) is 6.54. The van der Waals surface area contributed by atoms with Crippen LogP contribution in [0.1, 0.15) is 16.8 Å². The van der Waals surface area contributed by atoms with Gasteiger partial charge in [-0.2, -0.15) is 0 Å². The van der Waals surface area contributed by atoms with Crippen LogP contribution in [0, 0.1) is 13.8 Å². The molecule has 0 saturated carbocycles. The molecular weight excluding hydrogens is 364 g/mol. The van der Waals surface area contributed by atoms with Gasteiger partial charge in [0.05, 0.1) is 24.1 Å². The summed E-state index contributed by atoms with van der Waals surface area (Å²) in [7, 11) is 0. The van der Waals surface area contributed by atoms with E-state index in [9.17, 15) is 4.79 Å². The van der Waals surface area contributed by atoms with Crippen LogP contribution in [0.4, 0.5) is 10.5 Å². The minimum Gasteiger partial charge on any atom is -0.439 e. The number of hydrogen-bond acceptors (Lipinski definition) is 4. The lowest BCUT2D eigenvalue weighted by atomic mass is 10.1. The maximum Gasteiger partial charge on any atom is 0.322 e. The fraction of sp³-hybridized carbons (Fsp3) is 0.174. The van der Waals surface area contributed by atoms with Crippen molar-refractivity contribution in [1.29, 1.82) is 0 Å². The van der Waals surface area contributed by atoms with Crippen molar-refractivity contribution in [2.24, 2.45) is 0 Å². The number of benzene rings is 1. The Morgan fingerprint density at radius 2 is 2.00 bits per heavy atom. The summed E-state index contributed by atoms with van der Waals surface area (Å²) in [6.07, 6.45) is 4.96. The summed E-state index contributed by atoms with van der Waals surface area (Å²) >= 11 is 0. The number of amides is 2. The molecule has 0 bridgehead atoms. The standard InChI is InChI=1S/C23H24N4O2/c1-4-13-25-23(28)27(16-19-9-5-6-14-24-19)20-11-12-22(26-15-20)29-21-10-7-8-17(2)18(21)3/h4-12,14-15H,1,13,16H2,2-3H3,(H,25,28). The highest BCUT2D eigenvalue weighted by Gasteiger charge is 2.17. The topological polar surface area (TPSA) is 67.4 Å². The SMILES string of the molecule is C=CCNC(=O)N(Cc1ccccn1)c1ccc(Oc2cccc(C)c2C)nc1. The first-order chi connectivity index (χ1) is 14.1. The highest BCUT2D eigenvalue weighted by molar-refractivity contribution is 5.91. The van der Waals surface area contributed by atoms with Gasteiger partial charge in [0.15, 0.2) is 0 Å². The Balaban J connectivity index is 1.81. The van der Waals surface area contributed by atoms with Crippen LogP contribution in [0.2, 0.25) is 0 Å². The molecule has 148 valence electrons. The Labute approximate surface area is 170 Å². The molecule has 1 aromatic carbocycles. The Bertz CT molecular complexity index is 972. The molecule has 6 nitrogen and oxygen atoms in total. The minimum absolute atomic E-state index is 0.249. The van der Waals surface area contributed by atoms with Crippen molar-refractivity contribution in [1.82, 2.24) is 15.3 Å². The number of hydrogen-bond donors (Lipinski definition) is 1. The number of anilines is 1. The monoisotopic (exact) mass is 388 g/mol. The number of aromatic nitrogens is 2. The van der Waals surface area contributed by atoms with E-state index in [0.29, 0.717) is 24.7 Å². The normalized spacial score (nSPS) is 10.3. The Kier molecular flexibility index (Phi) is 6.58. The van der Waals surface area contributed by atoms with Gasteiger partial charge in [-0.05, 0) is 49.2 Å². The second kappa shape index (κ2) is 9.50. The van der Waals surface area contributed by atoms with Gasteiger partial charge in [0.2, 0.25) is 5.88 Å². The predicted molar refractivity (Wildman–Crippen MR) is 114 cm³/mol. The molecule has 0 radical (unpaired) electrons. The zero-order chi connectivity index (χ0) is 20.6. The average molecular weight is 388 g/mol. The van der Waals surface area contributed by atoms with Crippen molar-refractivity contribution in [2.75, 3.05) is 11.4 Å². The lowest BCUT2D eigenvalue weighted by Gasteiger charge is -2.22. The summed E-state index contributed by atoms with van der Waals surface area (Å²) in [4.78, 5) is 22.9. The van der Waals surface area contributed by atoms with Crippen LogP contribution in [0.3, 0.4) is 0 Å². The number of nitrogens with zero attached hydrogens (tertiary/aromatic N) is 3. The summed E-state index contributed by atoms with van der Waals surface area (Å²) in [5, 5.41) is 2.80. The second-order valence-electron chi connectivity index (χ2n) is 6.54. The first kappa shape index (κ1) is 20.1. The maximum absolute atomic E-state index is 12.6. The number of pyridine rings is 2. The molecular formula is C23H24N4O2. The molecule has 0 fully saturated rings. The lowest BCUT2D eigenvalue weighted by Crippen LogP contribution is -2.40. The van der Waals surface area contributed by atoms with E-state index in [1.807, 2.05) is 56.3 Å². The molecule has 29 heavy (non-hydrogen) atoms. The third-order valence-electron chi connectivity index (χ3n) is 4.49. The number of ether oxygens (including phenoxy) is 1. The van der Waals surface area contributed by atoms with E-state index >= 15 is 0 Å². The number of rotatable bonds is 7. The number of carbonyl (C=O) groups excluding carboxylic acids is 1. The van der Waals surface area contributed by atoms with Gasteiger partial charge < -0.3 is 10.1 Å². The molecule has 0 saturated heterocycles. The molecule has 3 aromatic rings. The van der Waals surface area contributed by atoms with E-state index in [1.165, 1.54) is 0 Å². The minimum atomic E-state index is -0.249. The van der Waals surface area contributed by atoms with Gasteiger partial charge in [0.1, 0.15) is 5.75 Å². The quantitative estimate of drug-likeness (QED) is 0.591. The largest absolute Gasteiger partial charge is 0.439 e. The fourth-order valence-corrected chi connectivity index (χ4v) is 2.73. The number of nitrogens with one attached hydrogen (secondary N) is 1. The molecule has 0 aliphatic rings. The van der Waals surface area contributed by atoms with Gasteiger partial charge in [-0.3, -0.25) is 9.88 Å². The smallest absolute Gasteiger partial charge is 0.322 e. The molecule has 2 amide bonds. The first-order valence-corrected chi connectivity index (χ1v) is 9.35. The molecule has 0 unspecified atom stereocenters. The van der Waals surface area contributed by atoms with Crippen LogP contribution in [-0.4, -0.2) is 22.5 Å². The van der Waals surface area contributed by atoms with Crippen LogP contribution in [0.15, 0.2) is 73.6 Å². The highest BCUT2D eigenvalue weighted by Crippen LogP contribution is 2.27. The summed E-state index contributed by atoms with van der Waals surface area (Å²) in [6.45, 7) is 8.38. The Hall–Kier alpha value is -3.67. The summed E-state index contributed by atoms with van der Waals surface area (Å²) in [6, 6.07) is 14.8. The summed E-state index contributed by atoms with van der Waals surface area (Å²) in [5.41, 5.74) is 3.64. The maximum atomic E-state index is 12.6. The third kappa shape index (κ3) is 5.19. The van der Waals surface area contributed by atoms with E-state index in [0.717, 1.165) is 22.6 Å². The van der Waals surface area contributed by atoms with E-state index in [1.54, 1.807) is 29.4 Å². The van der Waals surface area contributed by atoms with Crippen molar-refractivity contribution in [3.63, 3.8) is 0 Å². The highest BCUT2D eigenvalue weighted by atomic mass is 16.5. The lowest BCUT2D eigenvalue weighted by molar-refractivity contribution is 0.247. The number of aryl methyl sites for hydroxylation is 1. The van der Waals surface area contributed by atoms with Crippen LogP contribution in [-0.2, 0) is 6.54 Å². The van der Waals surface area contributed by atoms with Gasteiger partial charge in [0.25, 0.3) is 0 Å². The Morgan fingerprint density at radius 3 is 2.69 bits per heavy atom. The third-order valence-corrected chi connectivity index (χ3v) is 4.49.